The molecular formula is C26H28ClN3O. The van der Waals surface area contributed by atoms with Crippen LogP contribution in [0, 0.1) is 24.2 Å². The van der Waals surface area contributed by atoms with Crippen molar-refractivity contribution in [3.05, 3.63) is 70.4 Å². The van der Waals surface area contributed by atoms with Crippen LogP contribution >= 0.6 is 11.6 Å². The predicted octanol–water partition coefficient (Wildman–Crippen LogP) is 5.93. The maximum atomic E-state index is 12.8. The molecule has 1 heterocycles. The first-order valence-electron chi connectivity index (χ1n) is 11.1. The number of amides is 1. The first-order valence-corrected chi connectivity index (χ1v) is 11.5. The van der Waals surface area contributed by atoms with Crippen molar-refractivity contribution in [3.8, 4) is 0 Å². The number of para-hydroxylation sites is 1. The zero-order chi connectivity index (χ0) is 21.6. The van der Waals surface area contributed by atoms with Gasteiger partial charge in [0.2, 0.25) is 5.91 Å². The van der Waals surface area contributed by atoms with Gasteiger partial charge in [0.1, 0.15) is 0 Å². The summed E-state index contributed by atoms with van der Waals surface area (Å²) in [5, 5.41) is 6.26. The highest BCUT2D eigenvalue weighted by atomic mass is 35.5. The van der Waals surface area contributed by atoms with Gasteiger partial charge in [-0.1, -0.05) is 67.8 Å². The van der Waals surface area contributed by atoms with Crippen LogP contribution in [0.15, 0.2) is 53.6 Å². The van der Waals surface area contributed by atoms with Gasteiger partial charge in [0.05, 0.1) is 6.21 Å². The molecule has 3 atom stereocenters. The molecule has 0 spiro atoms. The van der Waals surface area contributed by atoms with Crippen molar-refractivity contribution in [2.24, 2.45) is 22.4 Å². The van der Waals surface area contributed by atoms with Crippen LogP contribution in [0.5, 0.6) is 0 Å². The van der Waals surface area contributed by atoms with E-state index in [9.17, 15) is 4.79 Å². The monoisotopic (exact) mass is 433 g/mol. The summed E-state index contributed by atoms with van der Waals surface area (Å²) in [4.78, 5) is 12.8. The maximum absolute atomic E-state index is 12.8. The highest BCUT2D eigenvalue weighted by molar-refractivity contribution is 6.31. The lowest BCUT2D eigenvalue weighted by Crippen LogP contribution is -2.22. The first-order chi connectivity index (χ1) is 15.0. The van der Waals surface area contributed by atoms with Gasteiger partial charge >= 0.3 is 0 Å². The third-order valence-electron chi connectivity index (χ3n) is 7.55. The lowest BCUT2D eigenvalue weighted by molar-refractivity contribution is -0.123. The molecule has 2 saturated carbocycles. The van der Waals surface area contributed by atoms with Crippen LogP contribution in [0.25, 0.3) is 10.9 Å². The number of benzene rings is 2. The molecule has 4 nitrogen and oxygen atoms in total. The lowest BCUT2D eigenvalue weighted by Gasteiger charge is -2.15. The number of hydrazone groups is 1. The van der Waals surface area contributed by atoms with Gasteiger partial charge in [-0.05, 0) is 48.8 Å². The minimum Gasteiger partial charge on any atom is -0.340 e. The summed E-state index contributed by atoms with van der Waals surface area (Å²) < 4.78 is 2.26. The minimum atomic E-state index is 0.0723. The molecule has 1 amide bonds. The molecule has 2 aliphatic carbocycles. The topological polar surface area (TPSA) is 46.4 Å². The number of carbonyl (C=O) groups excluding carboxylic acids is 1. The fourth-order valence-corrected chi connectivity index (χ4v) is 5.90. The van der Waals surface area contributed by atoms with Crippen molar-refractivity contribution in [3.63, 3.8) is 0 Å². The second-order valence-electron chi connectivity index (χ2n) is 9.26. The molecular weight excluding hydrogens is 406 g/mol. The SMILES string of the molecule is Cc1c(/C=N\NC(=O)[C@@H]2[C@H]3CCCC[C@@]32C)c2ccccc2n1Cc1ccccc1Cl. The van der Waals surface area contributed by atoms with E-state index in [-0.39, 0.29) is 17.2 Å². The average molecular weight is 434 g/mol. The fourth-order valence-electron chi connectivity index (χ4n) is 5.70. The van der Waals surface area contributed by atoms with Crippen LogP contribution in [0.2, 0.25) is 5.02 Å². The molecule has 2 fully saturated rings. The third kappa shape index (κ3) is 3.47. The number of fused-ring (bicyclic) bond motifs is 2. The van der Waals surface area contributed by atoms with Crippen molar-refractivity contribution in [1.29, 1.82) is 0 Å². The number of carbonyl (C=O) groups is 1. The summed E-state index contributed by atoms with van der Waals surface area (Å²) in [6, 6.07) is 16.2. The summed E-state index contributed by atoms with van der Waals surface area (Å²) in [7, 11) is 0. The zero-order valence-corrected chi connectivity index (χ0v) is 18.8. The summed E-state index contributed by atoms with van der Waals surface area (Å²) in [6.07, 6.45) is 6.62. The van der Waals surface area contributed by atoms with E-state index < -0.39 is 0 Å². The third-order valence-corrected chi connectivity index (χ3v) is 7.92. The number of hydrogen-bond donors (Lipinski definition) is 1. The summed E-state index contributed by atoms with van der Waals surface area (Å²) in [6.45, 7) is 5.04. The van der Waals surface area contributed by atoms with E-state index in [4.69, 9.17) is 11.6 Å². The molecule has 0 unspecified atom stereocenters. The molecule has 160 valence electrons. The summed E-state index contributed by atoms with van der Waals surface area (Å²) in [5.74, 6) is 0.730. The Kier molecular flexibility index (Phi) is 5.13. The average Bonchev–Trinajstić information content (AvgIpc) is 3.33. The van der Waals surface area contributed by atoms with Crippen LogP contribution in [-0.4, -0.2) is 16.7 Å². The van der Waals surface area contributed by atoms with Gasteiger partial charge < -0.3 is 4.57 Å². The number of nitrogens with one attached hydrogen (secondary N) is 1. The Morgan fingerprint density at radius 3 is 2.77 bits per heavy atom. The predicted molar refractivity (Wildman–Crippen MR) is 127 cm³/mol. The van der Waals surface area contributed by atoms with E-state index in [1.165, 1.54) is 19.3 Å². The summed E-state index contributed by atoms with van der Waals surface area (Å²) >= 11 is 6.41. The molecule has 2 aromatic carbocycles. The Bertz CT molecular complexity index is 1180. The quantitative estimate of drug-likeness (QED) is 0.393. The Hall–Kier alpha value is -2.59. The van der Waals surface area contributed by atoms with Crippen LogP contribution < -0.4 is 5.43 Å². The van der Waals surface area contributed by atoms with E-state index in [0.29, 0.717) is 12.5 Å². The Morgan fingerprint density at radius 2 is 2.00 bits per heavy atom. The Labute approximate surface area is 188 Å². The number of hydrogen-bond acceptors (Lipinski definition) is 2. The van der Waals surface area contributed by atoms with E-state index in [0.717, 1.165) is 39.2 Å². The molecule has 0 saturated heterocycles. The second kappa shape index (κ2) is 7.83. The molecule has 0 bridgehead atoms. The molecule has 2 aliphatic rings. The maximum Gasteiger partial charge on any atom is 0.244 e. The molecule has 0 aliphatic heterocycles. The first kappa shape index (κ1) is 20.3. The van der Waals surface area contributed by atoms with E-state index in [2.05, 4.69) is 47.1 Å². The summed E-state index contributed by atoms with van der Waals surface area (Å²) in [5.41, 5.74) is 7.37. The minimum absolute atomic E-state index is 0.0723. The van der Waals surface area contributed by atoms with Crippen LogP contribution in [-0.2, 0) is 11.3 Å². The molecule has 31 heavy (non-hydrogen) atoms. The fraction of sp³-hybridized carbons (Fsp3) is 0.385. The van der Waals surface area contributed by atoms with Gasteiger partial charge in [0.25, 0.3) is 0 Å². The van der Waals surface area contributed by atoms with Gasteiger partial charge in [-0.25, -0.2) is 5.43 Å². The van der Waals surface area contributed by atoms with Crippen molar-refractivity contribution in [2.75, 3.05) is 0 Å². The number of nitrogens with zero attached hydrogens (tertiary/aromatic N) is 2. The molecule has 1 aromatic heterocycles. The van der Waals surface area contributed by atoms with Crippen molar-refractivity contribution in [1.82, 2.24) is 9.99 Å². The molecule has 3 aromatic rings. The lowest BCUT2D eigenvalue weighted by atomic mass is 9.90. The van der Waals surface area contributed by atoms with Gasteiger partial charge in [0, 0.05) is 39.6 Å². The van der Waals surface area contributed by atoms with Crippen molar-refractivity contribution >= 4 is 34.6 Å². The van der Waals surface area contributed by atoms with Gasteiger partial charge in [0.15, 0.2) is 0 Å². The van der Waals surface area contributed by atoms with Crippen molar-refractivity contribution < 1.29 is 4.79 Å². The molecule has 0 radical (unpaired) electrons. The second-order valence-corrected chi connectivity index (χ2v) is 9.67. The number of aromatic nitrogens is 1. The van der Waals surface area contributed by atoms with Gasteiger partial charge in [-0.15, -0.1) is 0 Å². The zero-order valence-electron chi connectivity index (χ0n) is 18.1. The Balaban J connectivity index is 1.39. The molecule has 5 heteroatoms. The highest BCUT2D eigenvalue weighted by Gasteiger charge is 2.64. The molecule has 1 N–H and O–H groups in total. The number of rotatable bonds is 5. The van der Waals surface area contributed by atoms with Crippen molar-refractivity contribution in [2.45, 2.75) is 46.1 Å². The van der Waals surface area contributed by atoms with E-state index >= 15 is 0 Å². The normalized spacial score (nSPS) is 25.0. The van der Waals surface area contributed by atoms with Crippen LogP contribution in [0.3, 0.4) is 0 Å². The van der Waals surface area contributed by atoms with E-state index in [1.807, 2.05) is 30.3 Å². The van der Waals surface area contributed by atoms with Crippen LogP contribution in [0.1, 0.15) is 49.4 Å². The smallest absolute Gasteiger partial charge is 0.244 e. The molecule has 5 rings (SSSR count). The largest absolute Gasteiger partial charge is 0.340 e. The highest BCUT2D eigenvalue weighted by Crippen LogP contribution is 2.66. The van der Waals surface area contributed by atoms with Gasteiger partial charge in [-0.2, -0.15) is 5.10 Å². The standard InChI is InChI=1S/C26H28ClN3O/c1-17-20(15-28-29-25(31)24-21-11-7-8-14-26(21,24)2)19-10-4-6-13-23(19)30(17)16-18-9-3-5-12-22(18)27/h3-6,9-10,12-13,15,21,24H,7-8,11,14,16H2,1-2H3,(H,29,31)/b28-15-/t21-,24+,26+/m1/s1. The van der Waals surface area contributed by atoms with Gasteiger partial charge in [-0.3, -0.25) is 4.79 Å². The Morgan fingerprint density at radius 1 is 1.23 bits per heavy atom. The number of halogens is 1. The van der Waals surface area contributed by atoms with E-state index in [1.54, 1.807) is 6.21 Å². The van der Waals surface area contributed by atoms with Crippen LogP contribution in [0.4, 0.5) is 0 Å².